The second kappa shape index (κ2) is 9.66. The Hall–Kier alpha value is 0.246. The molecule has 5 heteroatoms. The van der Waals surface area contributed by atoms with Crippen molar-refractivity contribution in [2.45, 2.75) is 57.3 Å². The maximum Gasteiger partial charge on any atom is 1.00 e. The molecule has 0 heterocycles. The van der Waals surface area contributed by atoms with Crippen molar-refractivity contribution >= 4 is 20.9 Å². The third-order valence-electron chi connectivity index (χ3n) is 4.05. The van der Waals surface area contributed by atoms with Crippen LogP contribution >= 0.6 is 0 Å². The molecule has 0 aliphatic heterocycles. The summed E-state index contributed by atoms with van der Waals surface area (Å²) in [7, 11) is -4.46. The first-order chi connectivity index (χ1) is 10.5. The van der Waals surface area contributed by atoms with Gasteiger partial charge in [0, 0.05) is 5.39 Å². The Kier molecular flexibility index (Phi) is 8.94. The van der Waals surface area contributed by atoms with E-state index in [1.165, 1.54) is 6.07 Å². The van der Waals surface area contributed by atoms with E-state index in [1.807, 2.05) is 12.1 Å². The van der Waals surface area contributed by atoms with Gasteiger partial charge in [0.15, 0.2) is 0 Å². The monoisotopic (exact) mass is 358 g/mol. The van der Waals surface area contributed by atoms with Crippen molar-refractivity contribution in [3.8, 4) is 0 Å². The molecule has 0 aliphatic rings. The quantitative estimate of drug-likeness (QED) is 0.556. The summed E-state index contributed by atoms with van der Waals surface area (Å²) in [4.78, 5) is -0.0746. The molecule has 0 bridgehead atoms. The molecule has 0 aliphatic carbocycles. The number of aryl methyl sites for hydroxylation is 2. The summed E-state index contributed by atoms with van der Waals surface area (Å²) in [5, 5.41) is 1.55. The van der Waals surface area contributed by atoms with Gasteiger partial charge in [-0.1, -0.05) is 51.0 Å². The van der Waals surface area contributed by atoms with Crippen LogP contribution in [0.5, 0.6) is 0 Å². The second-order valence-electron chi connectivity index (χ2n) is 5.72. The molecule has 0 radical (unpaired) electrons. The van der Waals surface area contributed by atoms with Gasteiger partial charge in [-0.25, -0.2) is 8.42 Å². The van der Waals surface area contributed by atoms with Crippen LogP contribution in [-0.4, -0.2) is 13.0 Å². The summed E-state index contributed by atoms with van der Waals surface area (Å²) >= 11 is 0. The number of unbranched alkanes of at least 4 members (excludes halogenated alkanes) is 2. The van der Waals surface area contributed by atoms with Crippen LogP contribution < -0.4 is 51.4 Å². The van der Waals surface area contributed by atoms with Crippen LogP contribution in [0, 0.1) is 0 Å². The van der Waals surface area contributed by atoms with E-state index in [0.717, 1.165) is 55.0 Å². The molecule has 0 atom stereocenters. The van der Waals surface area contributed by atoms with E-state index < -0.39 is 10.1 Å². The summed E-state index contributed by atoms with van der Waals surface area (Å²) in [5.74, 6) is 0. The Morgan fingerprint density at radius 3 is 2.04 bits per heavy atom. The third-order valence-corrected chi connectivity index (χ3v) is 4.93. The van der Waals surface area contributed by atoms with E-state index in [0.29, 0.717) is 5.39 Å². The molecule has 0 fully saturated rings. The number of benzene rings is 2. The number of rotatable bonds is 7. The smallest absolute Gasteiger partial charge is 0.744 e. The fourth-order valence-electron chi connectivity index (χ4n) is 2.87. The molecular weight excluding hydrogens is 335 g/mol. The minimum atomic E-state index is -4.46. The van der Waals surface area contributed by atoms with Crippen LogP contribution in [0.25, 0.3) is 10.8 Å². The molecule has 0 saturated carbocycles. The maximum absolute atomic E-state index is 11.6. The number of fused-ring (bicyclic) bond motifs is 1. The van der Waals surface area contributed by atoms with Gasteiger partial charge in [-0.3, -0.25) is 0 Å². The van der Waals surface area contributed by atoms with Gasteiger partial charge in [0.25, 0.3) is 0 Å². The standard InChI is InChI=1S/C18H24O3S.K/c1-3-5-8-14-12-13-15(9-6-4-2)18-16(14)10-7-11-17(18)22(19,20)21;/h7,10-13H,3-6,8-9H2,1-2H3,(H,19,20,21);/q;+1/p-1. The van der Waals surface area contributed by atoms with Gasteiger partial charge < -0.3 is 4.55 Å². The van der Waals surface area contributed by atoms with E-state index in [4.69, 9.17) is 0 Å². The minimum Gasteiger partial charge on any atom is -0.744 e. The van der Waals surface area contributed by atoms with Crippen LogP contribution in [-0.2, 0) is 23.0 Å². The molecule has 2 aromatic carbocycles. The fraction of sp³-hybridized carbons (Fsp3) is 0.444. The Bertz CT molecular complexity index is 754. The van der Waals surface area contributed by atoms with Gasteiger partial charge in [-0.2, -0.15) is 0 Å². The van der Waals surface area contributed by atoms with Gasteiger partial charge in [0.2, 0.25) is 0 Å². The molecule has 120 valence electrons. The fourth-order valence-corrected chi connectivity index (χ4v) is 3.61. The SMILES string of the molecule is CCCCc1ccc(CCCC)c2c(S(=O)(=O)[O-])cccc12.[K+]. The van der Waals surface area contributed by atoms with Crippen molar-refractivity contribution in [3.63, 3.8) is 0 Å². The second-order valence-corrected chi connectivity index (χ2v) is 7.07. The van der Waals surface area contributed by atoms with E-state index >= 15 is 0 Å². The van der Waals surface area contributed by atoms with E-state index in [9.17, 15) is 13.0 Å². The average molecular weight is 359 g/mol. The van der Waals surface area contributed by atoms with Crippen LogP contribution in [0.2, 0.25) is 0 Å². The molecule has 0 N–H and O–H groups in total. The van der Waals surface area contributed by atoms with E-state index in [1.54, 1.807) is 6.07 Å². The summed E-state index contributed by atoms with van der Waals surface area (Å²) in [5.41, 5.74) is 2.09. The van der Waals surface area contributed by atoms with Crippen LogP contribution in [0.3, 0.4) is 0 Å². The summed E-state index contributed by atoms with van der Waals surface area (Å²) in [6.07, 6.45) is 5.86. The van der Waals surface area contributed by atoms with Crippen molar-refractivity contribution in [1.29, 1.82) is 0 Å². The molecule has 0 saturated heterocycles. The zero-order valence-corrected chi connectivity index (χ0v) is 18.2. The number of hydrogen-bond donors (Lipinski definition) is 0. The first-order valence-corrected chi connectivity index (χ1v) is 9.39. The van der Waals surface area contributed by atoms with Gasteiger partial charge in [-0.15, -0.1) is 0 Å². The third kappa shape index (κ3) is 5.36. The molecule has 0 aromatic heterocycles. The zero-order chi connectivity index (χ0) is 16.2. The van der Waals surface area contributed by atoms with Crippen molar-refractivity contribution in [2.75, 3.05) is 0 Å². The van der Waals surface area contributed by atoms with Crippen molar-refractivity contribution in [3.05, 3.63) is 41.5 Å². The van der Waals surface area contributed by atoms with Gasteiger partial charge in [-0.05, 0) is 48.3 Å². The number of hydrogen-bond acceptors (Lipinski definition) is 3. The Morgan fingerprint density at radius 2 is 1.48 bits per heavy atom. The van der Waals surface area contributed by atoms with Crippen LogP contribution in [0.4, 0.5) is 0 Å². The Labute approximate surface area is 182 Å². The molecule has 23 heavy (non-hydrogen) atoms. The first-order valence-electron chi connectivity index (χ1n) is 7.98. The average Bonchev–Trinajstić information content (AvgIpc) is 2.49. The normalized spacial score (nSPS) is 11.4. The summed E-state index contributed by atoms with van der Waals surface area (Å²) < 4.78 is 34.9. The largest absolute Gasteiger partial charge is 1.00 e. The Morgan fingerprint density at radius 1 is 0.913 bits per heavy atom. The summed E-state index contributed by atoms with van der Waals surface area (Å²) in [6, 6.07) is 9.13. The predicted octanol–water partition coefficient (Wildman–Crippen LogP) is 1.43. The van der Waals surface area contributed by atoms with Gasteiger partial charge in [0.1, 0.15) is 10.1 Å². The van der Waals surface area contributed by atoms with E-state index in [2.05, 4.69) is 19.9 Å². The van der Waals surface area contributed by atoms with Crippen molar-refractivity contribution in [2.24, 2.45) is 0 Å². The Balaban J connectivity index is 0.00000264. The minimum absolute atomic E-state index is 0. The molecule has 0 unspecified atom stereocenters. The van der Waals surface area contributed by atoms with Crippen molar-refractivity contribution < 1.29 is 64.4 Å². The van der Waals surface area contributed by atoms with Crippen LogP contribution in [0.15, 0.2) is 35.2 Å². The van der Waals surface area contributed by atoms with Crippen molar-refractivity contribution in [1.82, 2.24) is 0 Å². The topological polar surface area (TPSA) is 57.2 Å². The molecule has 3 nitrogen and oxygen atoms in total. The molecular formula is C18H23KO3S. The van der Waals surface area contributed by atoms with Gasteiger partial charge >= 0.3 is 51.4 Å². The van der Waals surface area contributed by atoms with Gasteiger partial charge in [0.05, 0.1) is 4.90 Å². The maximum atomic E-state index is 11.6. The summed E-state index contributed by atoms with van der Waals surface area (Å²) in [6.45, 7) is 4.23. The first kappa shape index (κ1) is 21.3. The molecule has 0 spiro atoms. The predicted molar refractivity (Wildman–Crippen MR) is 89.1 cm³/mol. The van der Waals surface area contributed by atoms with Crippen LogP contribution in [0.1, 0.15) is 50.7 Å². The zero-order valence-electron chi connectivity index (χ0n) is 14.3. The molecule has 0 amide bonds. The molecule has 2 aromatic rings. The molecule has 2 rings (SSSR count). The van der Waals surface area contributed by atoms with E-state index in [-0.39, 0.29) is 56.3 Å².